The van der Waals surface area contributed by atoms with E-state index in [2.05, 4.69) is 15.6 Å². The molecule has 0 heterocycles. The van der Waals surface area contributed by atoms with Crippen molar-refractivity contribution in [2.75, 3.05) is 13.2 Å². The average Bonchev–Trinajstić information content (AvgIpc) is 2.30. The number of alkyl halides is 6. The molecule has 0 spiro atoms. The molecule has 0 aromatic carbocycles. The molecule has 0 rings (SSSR count). The zero-order valence-corrected chi connectivity index (χ0v) is 12.6. The summed E-state index contributed by atoms with van der Waals surface area (Å²) < 4.78 is 95.2. The Kier molecular flexibility index (Phi) is 7.61. The van der Waals surface area contributed by atoms with Crippen molar-refractivity contribution < 1.29 is 44.8 Å². The van der Waals surface area contributed by atoms with Crippen LogP contribution in [0.25, 0.3) is 0 Å². The van der Waals surface area contributed by atoms with Crippen molar-refractivity contribution in [2.45, 2.75) is 38.5 Å². The predicted octanol–water partition coefficient (Wildman–Crippen LogP) is 4.61. The van der Waals surface area contributed by atoms with E-state index < -0.39 is 58.1 Å². The molecular weight excluding hydrogens is 341 g/mol. The maximum absolute atomic E-state index is 12.5. The SMILES string of the molecule is C=CCOP(=O)(O)OCC(CC)(CC(F)(F)F)CC(F)(F)F. The Morgan fingerprint density at radius 3 is 1.86 bits per heavy atom. The number of hydrogen-bond acceptors (Lipinski definition) is 3. The van der Waals surface area contributed by atoms with Gasteiger partial charge in [-0.05, 0) is 6.42 Å². The second-order valence-electron chi connectivity index (χ2n) is 4.76. The van der Waals surface area contributed by atoms with Crippen molar-refractivity contribution in [1.82, 2.24) is 0 Å². The van der Waals surface area contributed by atoms with Crippen molar-refractivity contribution in [2.24, 2.45) is 5.41 Å². The van der Waals surface area contributed by atoms with Gasteiger partial charge < -0.3 is 4.89 Å². The Hall–Kier alpha value is -0.570. The number of rotatable bonds is 9. The minimum atomic E-state index is -4.88. The normalized spacial score (nSPS) is 16.4. The molecule has 0 fully saturated rings. The highest BCUT2D eigenvalue weighted by Gasteiger charge is 2.49. The van der Waals surface area contributed by atoms with Crippen LogP contribution in [0.1, 0.15) is 26.2 Å². The summed E-state index contributed by atoms with van der Waals surface area (Å²) in [5, 5.41) is 0. The molecule has 0 aromatic heterocycles. The molecule has 1 N–H and O–H groups in total. The summed E-state index contributed by atoms with van der Waals surface area (Å²) in [6.07, 6.45) is -12.8. The summed E-state index contributed by atoms with van der Waals surface area (Å²) in [5.74, 6) is 0. The fourth-order valence-electron chi connectivity index (χ4n) is 1.77. The van der Waals surface area contributed by atoms with E-state index in [1.54, 1.807) is 0 Å². The molecule has 0 saturated carbocycles. The van der Waals surface area contributed by atoms with Crippen LogP contribution in [-0.2, 0) is 13.6 Å². The second-order valence-corrected chi connectivity index (χ2v) is 6.22. The van der Waals surface area contributed by atoms with Gasteiger partial charge in [-0.3, -0.25) is 9.05 Å². The van der Waals surface area contributed by atoms with Gasteiger partial charge in [-0.15, -0.1) is 6.58 Å². The fraction of sp³-hybridized carbons (Fsp3) is 0.818. The van der Waals surface area contributed by atoms with Crippen molar-refractivity contribution in [3.63, 3.8) is 0 Å². The standard InChI is InChI=1S/C11H17F6O4P/c1-3-5-20-22(18,19)21-8-9(4-2,6-10(12,13)14)7-11(15,16)17/h3H,1,4-8H2,2H3,(H,18,19). The third-order valence-corrected chi connectivity index (χ3v) is 3.72. The lowest BCUT2D eigenvalue weighted by Gasteiger charge is -2.34. The zero-order valence-electron chi connectivity index (χ0n) is 11.7. The molecule has 0 aliphatic heterocycles. The highest BCUT2D eigenvalue weighted by Crippen LogP contribution is 2.50. The second kappa shape index (κ2) is 7.81. The lowest BCUT2D eigenvalue weighted by Crippen LogP contribution is -2.36. The molecule has 0 amide bonds. The van der Waals surface area contributed by atoms with E-state index in [-0.39, 0.29) is 0 Å². The molecule has 1 atom stereocenters. The first-order chi connectivity index (χ1) is 9.74. The number of phosphoric ester groups is 1. The van der Waals surface area contributed by atoms with Crippen molar-refractivity contribution >= 4 is 7.82 Å². The van der Waals surface area contributed by atoms with Crippen LogP contribution in [0.3, 0.4) is 0 Å². The van der Waals surface area contributed by atoms with Gasteiger partial charge in [0.2, 0.25) is 0 Å². The smallest absolute Gasteiger partial charge is 0.302 e. The quantitative estimate of drug-likeness (QED) is 0.372. The maximum atomic E-state index is 12.5. The first kappa shape index (κ1) is 21.4. The van der Waals surface area contributed by atoms with Gasteiger partial charge in [-0.25, -0.2) is 4.57 Å². The summed E-state index contributed by atoms with van der Waals surface area (Å²) in [5.41, 5.74) is -2.40. The van der Waals surface area contributed by atoms with Crippen LogP contribution in [0, 0.1) is 5.41 Å². The first-order valence-corrected chi connectivity index (χ1v) is 7.60. The Labute approximate surface area is 123 Å². The molecule has 132 valence electrons. The number of halogens is 6. The van der Waals surface area contributed by atoms with Crippen LogP contribution < -0.4 is 0 Å². The van der Waals surface area contributed by atoms with E-state index in [4.69, 9.17) is 0 Å². The maximum Gasteiger partial charge on any atom is 0.472 e. The molecule has 0 radical (unpaired) electrons. The summed E-state index contributed by atoms with van der Waals surface area (Å²) in [4.78, 5) is 9.20. The summed E-state index contributed by atoms with van der Waals surface area (Å²) >= 11 is 0. The Morgan fingerprint density at radius 2 is 1.55 bits per heavy atom. The number of hydrogen-bond donors (Lipinski definition) is 1. The van der Waals surface area contributed by atoms with Gasteiger partial charge in [-0.2, -0.15) is 26.3 Å². The highest BCUT2D eigenvalue weighted by atomic mass is 31.2. The van der Waals surface area contributed by atoms with Gasteiger partial charge >= 0.3 is 20.2 Å². The van der Waals surface area contributed by atoms with E-state index in [0.717, 1.165) is 13.0 Å². The predicted molar refractivity (Wildman–Crippen MR) is 66.0 cm³/mol. The molecule has 22 heavy (non-hydrogen) atoms. The van der Waals surface area contributed by atoms with E-state index in [0.29, 0.717) is 0 Å². The molecule has 0 bridgehead atoms. The van der Waals surface area contributed by atoms with Crippen LogP contribution in [0.5, 0.6) is 0 Å². The van der Waals surface area contributed by atoms with E-state index >= 15 is 0 Å². The van der Waals surface area contributed by atoms with Crippen molar-refractivity contribution in [3.8, 4) is 0 Å². The van der Waals surface area contributed by atoms with E-state index in [1.165, 1.54) is 0 Å². The molecule has 4 nitrogen and oxygen atoms in total. The Balaban J connectivity index is 5.14. The lowest BCUT2D eigenvalue weighted by molar-refractivity contribution is -0.202. The minimum absolute atomic E-state index is 0.439. The van der Waals surface area contributed by atoms with Gasteiger partial charge in [0.15, 0.2) is 0 Å². The van der Waals surface area contributed by atoms with Crippen molar-refractivity contribution in [3.05, 3.63) is 12.7 Å². The monoisotopic (exact) mass is 358 g/mol. The highest BCUT2D eigenvalue weighted by molar-refractivity contribution is 7.47. The van der Waals surface area contributed by atoms with Gasteiger partial charge in [0.1, 0.15) is 0 Å². The van der Waals surface area contributed by atoms with Crippen molar-refractivity contribution in [1.29, 1.82) is 0 Å². The summed E-state index contributed by atoms with van der Waals surface area (Å²) in [6.45, 7) is 2.64. The Bertz CT molecular complexity index is 390. The lowest BCUT2D eigenvalue weighted by atomic mass is 9.79. The molecular formula is C11H17F6O4P. The molecule has 0 aliphatic rings. The van der Waals surface area contributed by atoms with Gasteiger partial charge in [0, 0.05) is 5.41 Å². The van der Waals surface area contributed by atoms with Gasteiger partial charge in [0.25, 0.3) is 0 Å². The molecule has 0 saturated heterocycles. The number of phosphoric acid groups is 1. The third kappa shape index (κ3) is 9.45. The summed E-state index contributed by atoms with van der Waals surface area (Å²) in [7, 11) is -4.76. The van der Waals surface area contributed by atoms with Crippen LogP contribution in [0.2, 0.25) is 0 Å². The molecule has 0 aromatic rings. The summed E-state index contributed by atoms with van der Waals surface area (Å²) in [6, 6.07) is 0. The Morgan fingerprint density at radius 1 is 1.09 bits per heavy atom. The zero-order chi connectivity index (χ0) is 17.7. The fourth-order valence-corrected chi connectivity index (χ4v) is 2.58. The van der Waals surface area contributed by atoms with Crippen LogP contribution in [0.15, 0.2) is 12.7 Å². The molecule has 0 aliphatic carbocycles. The van der Waals surface area contributed by atoms with E-state index in [1.807, 2.05) is 0 Å². The van der Waals surface area contributed by atoms with Crippen LogP contribution >= 0.6 is 7.82 Å². The average molecular weight is 358 g/mol. The molecule has 1 unspecified atom stereocenters. The molecule has 11 heteroatoms. The van der Waals surface area contributed by atoms with Gasteiger partial charge in [0.05, 0.1) is 26.1 Å². The van der Waals surface area contributed by atoms with Crippen LogP contribution in [0.4, 0.5) is 26.3 Å². The topological polar surface area (TPSA) is 55.8 Å². The van der Waals surface area contributed by atoms with Gasteiger partial charge in [-0.1, -0.05) is 13.0 Å². The largest absolute Gasteiger partial charge is 0.472 e. The first-order valence-electron chi connectivity index (χ1n) is 6.10. The minimum Gasteiger partial charge on any atom is -0.302 e. The van der Waals surface area contributed by atoms with Crippen LogP contribution in [-0.4, -0.2) is 30.5 Å². The van der Waals surface area contributed by atoms with E-state index in [9.17, 15) is 35.8 Å². The third-order valence-electron chi connectivity index (χ3n) is 2.79.